The van der Waals surface area contributed by atoms with E-state index in [-0.39, 0.29) is 6.10 Å². The number of rotatable bonds is 2. The molecule has 2 bridgehead atoms. The van der Waals surface area contributed by atoms with Crippen LogP contribution in [0.15, 0.2) is 24.8 Å². The minimum absolute atomic E-state index is 0.0834. The van der Waals surface area contributed by atoms with Crippen molar-refractivity contribution in [1.29, 1.82) is 0 Å². The number of nitrogens with zero attached hydrogens (tertiary/aromatic N) is 8. The van der Waals surface area contributed by atoms with E-state index in [9.17, 15) is 0 Å². The number of likely N-dealkylation sites (N-methyl/N-ethyl adjacent to an activating group) is 1. The first-order valence-electron chi connectivity index (χ1n) is 10.9. The van der Waals surface area contributed by atoms with Crippen LogP contribution in [0.3, 0.4) is 0 Å². The Kier molecular flexibility index (Phi) is 5.47. The Morgan fingerprint density at radius 3 is 2.73 bits per heavy atom. The molecule has 4 aromatic rings. The molecule has 0 fully saturated rings. The summed E-state index contributed by atoms with van der Waals surface area (Å²) < 4.78 is 17.5. The molecular weight excluding hydrogens is 420 g/mol. The second kappa shape index (κ2) is 8.45. The Bertz CT molecular complexity index is 1330. The number of methoxy groups -OCH3 is 1. The van der Waals surface area contributed by atoms with Crippen molar-refractivity contribution in [2.75, 3.05) is 20.7 Å². The molecule has 0 aliphatic carbocycles. The summed E-state index contributed by atoms with van der Waals surface area (Å²) in [7, 11) is 7.55. The molecule has 5 heterocycles. The summed E-state index contributed by atoms with van der Waals surface area (Å²) in [5, 5.41) is 9.33. The van der Waals surface area contributed by atoms with E-state index in [0.29, 0.717) is 19.0 Å². The first kappa shape index (κ1) is 21.4. The van der Waals surface area contributed by atoms with Gasteiger partial charge in [-0.1, -0.05) is 0 Å². The van der Waals surface area contributed by atoms with E-state index in [2.05, 4.69) is 40.1 Å². The average molecular weight is 449 g/mol. The number of aryl methyl sites for hydroxylation is 2. The van der Waals surface area contributed by atoms with Crippen LogP contribution in [0.2, 0.25) is 0 Å². The lowest BCUT2D eigenvalue weighted by Gasteiger charge is -2.22. The van der Waals surface area contributed by atoms with E-state index in [1.165, 1.54) is 0 Å². The SMILES string of the molecule is COCc1nn(C)c2c1-c1cn3c(ncc3cn1)/C=C/c1cn(C)nc1CN(C)C[C@H](C)O2. The van der Waals surface area contributed by atoms with Crippen LogP contribution in [0.5, 0.6) is 5.88 Å². The Hall–Kier alpha value is -3.50. The molecule has 33 heavy (non-hydrogen) atoms. The second-order valence-corrected chi connectivity index (χ2v) is 8.53. The molecule has 0 amide bonds. The maximum absolute atomic E-state index is 6.44. The van der Waals surface area contributed by atoms with Crippen molar-refractivity contribution in [2.45, 2.75) is 26.2 Å². The van der Waals surface area contributed by atoms with Crippen LogP contribution in [0.1, 0.15) is 29.7 Å². The lowest BCUT2D eigenvalue weighted by atomic mass is 10.2. The number of hydrogen-bond donors (Lipinski definition) is 0. The van der Waals surface area contributed by atoms with Crippen LogP contribution in [0, 0.1) is 0 Å². The van der Waals surface area contributed by atoms with Crippen LogP contribution >= 0.6 is 0 Å². The fourth-order valence-corrected chi connectivity index (χ4v) is 4.33. The van der Waals surface area contributed by atoms with Crippen LogP contribution in [-0.2, 0) is 32.0 Å². The number of hydrogen-bond acceptors (Lipinski definition) is 7. The summed E-state index contributed by atoms with van der Waals surface area (Å²) in [5.41, 5.74) is 5.34. The highest BCUT2D eigenvalue weighted by Gasteiger charge is 2.24. The van der Waals surface area contributed by atoms with Gasteiger partial charge < -0.3 is 9.47 Å². The molecule has 0 radical (unpaired) electrons. The normalized spacial score (nSPS) is 17.9. The van der Waals surface area contributed by atoms with Gasteiger partial charge in [0.2, 0.25) is 5.88 Å². The van der Waals surface area contributed by atoms with E-state index < -0.39 is 0 Å². The molecule has 5 rings (SSSR count). The molecule has 10 heteroatoms. The lowest BCUT2D eigenvalue weighted by molar-refractivity contribution is 0.148. The van der Waals surface area contributed by atoms with Crippen molar-refractivity contribution < 1.29 is 9.47 Å². The van der Waals surface area contributed by atoms with E-state index in [1.54, 1.807) is 11.8 Å². The van der Waals surface area contributed by atoms with Crippen molar-refractivity contribution in [3.8, 4) is 17.1 Å². The fourth-order valence-electron chi connectivity index (χ4n) is 4.33. The molecule has 1 aliphatic heterocycles. The summed E-state index contributed by atoms with van der Waals surface area (Å²) in [4.78, 5) is 11.5. The van der Waals surface area contributed by atoms with Gasteiger partial charge in [0.15, 0.2) is 0 Å². The maximum atomic E-state index is 6.44. The van der Waals surface area contributed by atoms with Crippen LogP contribution in [-0.4, -0.2) is 65.6 Å². The molecule has 0 N–H and O–H groups in total. The molecule has 1 aliphatic rings. The lowest BCUT2D eigenvalue weighted by Crippen LogP contribution is -2.31. The number of imidazole rings is 1. The van der Waals surface area contributed by atoms with E-state index >= 15 is 0 Å². The van der Waals surface area contributed by atoms with E-state index in [1.807, 2.05) is 54.0 Å². The Morgan fingerprint density at radius 2 is 1.91 bits per heavy atom. The third-order valence-corrected chi connectivity index (χ3v) is 5.70. The third-order valence-electron chi connectivity index (χ3n) is 5.70. The highest BCUT2D eigenvalue weighted by Crippen LogP contribution is 2.33. The highest BCUT2D eigenvalue weighted by atomic mass is 16.5. The summed E-state index contributed by atoms with van der Waals surface area (Å²) in [6.45, 7) is 3.84. The summed E-state index contributed by atoms with van der Waals surface area (Å²) in [6, 6.07) is 0. The van der Waals surface area contributed by atoms with E-state index in [4.69, 9.17) is 14.5 Å². The smallest absolute Gasteiger partial charge is 0.221 e. The van der Waals surface area contributed by atoms with Gasteiger partial charge in [-0.25, -0.2) is 9.67 Å². The summed E-state index contributed by atoms with van der Waals surface area (Å²) >= 11 is 0. The van der Waals surface area contributed by atoms with Gasteiger partial charge in [0.05, 0.1) is 41.5 Å². The third kappa shape index (κ3) is 4.03. The standard InChI is InChI=1S/C23H28N8O2/c1-15-10-28(2)12-18-16(11-29(3)26-18)6-7-21-25-9-17-8-24-19(13-31(17)21)22-20(14-32-5)27-30(4)23(22)33-15/h6-9,11,13,15H,10,12,14H2,1-5H3/b7-6+/t15-/m0/s1. The minimum atomic E-state index is -0.0834. The number of ether oxygens (including phenoxy) is 2. The highest BCUT2D eigenvalue weighted by molar-refractivity contribution is 5.72. The molecule has 172 valence electrons. The molecule has 1 atom stereocenters. The van der Waals surface area contributed by atoms with Gasteiger partial charge in [0, 0.05) is 52.3 Å². The van der Waals surface area contributed by atoms with Crippen LogP contribution in [0.25, 0.3) is 28.9 Å². The molecule has 0 aromatic carbocycles. The van der Waals surface area contributed by atoms with E-state index in [0.717, 1.165) is 46.1 Å². The van der Waals surface area contributed by atoms with Crippen molar-refractivity contribution in [2.24, 2.45) is 14.1 Å². The van der Waals surface area contributed by atoms with Gasteiger partial charge in [-0.15, -0.1) is 0 Å². The van der Waals surface area contributed by atoms with Gasteiger partial charge in [0.1, 0.15) is 17.6 Å². The van der Waals surface area contributed by atoms with Gasteiger partial charge in [-0.05, 0) is 26.1 Å². The first-order valence-corrected chi connectivity index (χ1v) is 10.9. The predicted molar refractivity (Wildman–Crippen MR) is 124 cm³/mol. The quantitative estimate of drug-likeness (QED) is 0.465. The number of aromatic nitrogens is 7. The minimum Gasteiger partial charge on any atom is -0.473 e. The van der Waals surface area contributed by atoms with Gasteiger partial charge in [-0.2, -0.15) is 10.2 Å². The molecule has 0 unspecified atom stereocenters. The zero-order valence-electron chi connectivity index (χ0n) is 19.6. The van der Waals surface area contributed by atoms with Crippen molar-refractivity contribution in [1.82, 2.24) is 38.8 Å². The average Bonchev–Trinajstić information content (AvgIpc) is 3.41. The molecule has 0 spiro atoms. The second-order valence-electron chi connectivity index (χ2n) is 8.53. The zero-order chi connectivity index (χ0) is 23.1. The van der Waals surface area contributed by atoms with Crippen LogP contribution in [0.4, 0.5) is 0 Å². The Balaban J connectivity index is 1.70. The largest absolute Gasteiger partial charge is 0.473 e. The molecular formula is C23H28N8O2. The monoisotopic (exact) mass is 448 g/mol. The molecule has 0 saturated heterocycles. The Labute approximate surface area is 192 Å². The topological polar surface area (TPSA) is 87.5 Å². The summed E-state index contributed by atoms with van der Waals surface area (Å²) in [6.07, 6.45) is 11.6. The maximum Gasteiger partial charge on any atom is 0.221 e. The van der Waals surface area contributed by atoms with Crippen LogP contribution < -0.4 is 4.74 Å². The van der Waals surface area contributed by atoms with Gasteiger partial charge >= 0.3 is 0 Å². The molecule has 10 nitrogen and oxygen atoms in total. The zero-order valence-corrected chi connectivity index (χ0v) is 19.6. The molecule has 0 saturated carbocycles. The first-order chi connectivity index (χ1) is 15.9. The fraction of sp³-hybridized carbons (Fsp3) is 0.391. The summed E-state index contributed by atoms with van der Waals surface area (Å²) in [5.74, 6) is 1.47. The van der Waals surface area contributed by atoms with Gasteiger partial charge in [-0.3, -0.25) is 19.0 Å². The molecule has 4 aromatic heterocycles. The predicted octanol–water partition coefficient (Wildman–Crippen LogP) is 2.39. The van der Waals surface area contributed by atoms with Crippen molar-refractivity contribution in [3.05, 3.63) is 47.6 Å². The van der Waals surface area contributed by atoms with Gasteiger partial charge in [0.25, 0.3) is 0 Å². The number of fused-ring (bicyclic) bond motifs is 4. The Morgan fingerprint density at radius 1 is 1.09 bits per heavy atom. The van der Waals surface area contributed by atoms with Crippen molar-refractivity contribution in [3.63, 3.8) is 0 Å². The van der Waals surface area contributed by atoms with Crippen molar-refractivity contribution >= 4 is 17.7 Å².